The Morgan fingerprint density at radius 2 is 1.58 bits per heavy atom. The van der Waals surface area contributed by atoms with Gasteiger partial charge in [0.15, 0.2) is 9.84 Å². The van der Waals surface area contributed by atoms with E-state index in [0.29, 0.717) is 16.7 Å². The standard InChI is InChI=1S/C20H22O3S/c21-24(22,12-4-2-1-3-5-12)18-9-11-8-17(18)20-16-7-6-15(13-10-14(13)16)19(11,20)23-20/h1-5,11,13-18H,6-10H2/t11-,13+,14-,15+,16+,17-,18-,19-,20+/m1/s1. The van der Waals surface area contributed by atoms with E-state index in [2.05, 4.69) is 0 Å². The normalized spacial score (nSPS) is 58.1. The summed E-state index contributed by atoms with van der Waals surface area (Å²) in [6, 6.07) is 9.11. The Kier molecular flexibility index (Phi) is 2.02. The van der Waals surface area contributed by atoms with Gasteiger partial charge >= 0.3 is 0 Å². The van der Waals surface area contributed by atoms with E-state index in [9.17, 15) is 8.42 Å². The van der Waals surface area contributed by atoms with Crippen molar-refractivity contribution in [3.8, 4) is 0 Å². The van der Waals surface area contributed by atoms with Crippen molar-refractivity contribution in [2.45, 2.75) is 53.5 Å². The first-order valence-corrected chi connectivity index (χ1v) is 11.1. The van der Waals surface area contributed by atoms with E-state index >= 15 is 0 Å². The van der Waals surface area contributed by atoms with Crippen LogP contribution in [0, 0.1) is 35.5 Å². The molecule has 126 valence electrons. The zero-order chi connectivity index (χ0) is 15.9. The van der Waals surface area contributed by atoms with Crippen LogP contribution in [0.1, 0.15) is 32.1 Å². The van der Waals surface area contributed by atoms with Crippen molar-refractivity contribution in [2.24, 2.45) is 35.5 Å². The third kappa shape index (κ3) is 1.13. The smallest absolute Gasteiger partial charge is 0.181 e. The van der Waals surface area contributed by atoms with E-state index in [1.807, 2.05) is 18.2 Å². The van der Waals surface area contributed by atoms with E-state index in [1.54, 1.807) is 12.1 Å². The van der Waals surface area contributed by atoms with Gasteiger partial charge < -0.3 is 4.74 Å². The number of epoxide rings is 1. The molecule has 9 atom stereocenters. The fourth-order valence-corrected chi connectivity index (χ4v) is 10.4. The Labute approximate surface area is 142 Å². The first-order valence-electron chi connectivity index (χ1n) is 9.60. The van der Waals surface area contributed by atoms with Crippen LogP contribution >= 0.6 is 0 Å². The predicted octanol–water partition coefficient (Wildman–Crippen LogP) is 3.05. The van der Waals surface area contributed by atoms with E-state index in [0.717, 1.165) is 30.6 Å². The third-order valence-electron chi connectivity index (χ3n) is 8.85. The van der Waals surface area contributed by atoms with E-state index in [4.69, 9.17) is 4.74 Å². The number of ether oxygens (including phenoxy) is 1. The lowest BCUT2D eigenvalue weighted by Crippen LogP contribution is -2.56. The molecular formula is C20H22O3S. The number of rotatable bonds is 2. The van der Waals surface area contributed by atoms with Gasteiger partial charge in [-0.15, -0.1) is 0 Å². The summed E-state index contributed by atoms with van der Waals surface area (Å²) in [5.74, 6) is 3.95. The molecule has 0 amide bonds. The number of hydrogen-bond donors (Lipinski definition) is 0. The monoisotopic (exact) mass is 342 g/mol. The molecule has 24 heavy (non-hydrogen) atoms. The molecule has 0 unspecified atom stereocenters. The largest absolute Gasteiger partial charge is 0.361 e. The predicted molar refractivity (Wildman–Crippen MR) is 88.0 cm³/mol. The second kappa shape index (κ2) is 3.64. The van der Waals surface area contributed by atoms with Crippen LogP contribution in [-0.4, -0.2) is 24.9 Å². The molecule has 1 saturated heterocycles. The quantitative estimate of drug-likeness (QED) is 0.776. The third-order valence-corrected chi connectivity index (χ3v) is 11.1. The molecule has 4 heteroatoms. The maximum atomic E-state index is 13.3. The van der Waals surface area contributed by atoms with Gasteiger partial charge in [0.25, 0.3) is 0 Å². The summed E-state index contributed by atoms with van der Waals surface area (Å²) < 4.78 is 33.3. The highest BCUT2D eigenvalue weighted by Crippen LogP contribution is 2.87. The Balaban J connectivity index is 1.34. The van der Waals surface area contributed by atoms with Crippen LogP contribution in [0.5, 0.6) is 0 Å². The zero-order valence-electron chi connectivity index (χ0n) is 13.6. The molecule has 0 aromatic heterocycles. The second-order valence-electron chi connectivity index (χ2n) is 9.21. The van der Waals surface area contributed by atoms with Gasteiger partial charge in [-0.3, -0.25) is 0 Å². The SMILES string of the molecule is O=S(=O)(c1ccccc1)[C@@H]1C[C@H]2C[C@H]1[C@]13O[C@@]21[C@H]1CC[C@H]3[C@@H]2C[C@@H]21. The summed E-state index contributed by atoms with van der Waals surface area (Å²) in [6.07, 6.45) is 5.97. The molecule has 0 radical (unpaired) electrons. The molecular weight excluding hydrogens is 320 g/mol. The van der Waals surface area contributed by atoms with Gasteiger partial charge in [0, 0.05) is 5.92 Å². The minimum absolute atomic E-state index is 0.0387. The summed E-state index contributed by atoms with van der Waals surface area (Å²) in [7, 11) is -3.24. The lowest BCUT2D eigenvalue weighted by molar-refractivity contribution is 0.0690. The van der Waals surface area contributed by atoms with Gasteiger partial charge in [-0.1, -0.05) is 18.2 Å². The van der Waals surface area contributed by atoms with Gasteiger partial charge in [0.1, 0.15) is 11.2 Å². The Morgan fingerprint density at radius 3 is 2.33 bits per heavy atom. The Hall–Kier alpha value is -0.870. The maximum Gasteiger partial charge on any atom is 0.181 e. The maximum absolute atomic E-state index is 13.3. The number of fused-ring (bicyclic) bond motifs is 3. The summed E-state index contributed by atoms with van der Waals surface area (Å²) >= 11 is 0. The first-order chi connectivity index (χ1) is 11.6. The van der Waals surface area contributed by atoms with Gasteiger partial charge in [-0.25, -0.2) is 8.42 Å². The molecule has 0 spiro atoms. The number of benzene rings is 1. The lowest BCUT2D eigenvalue weighted by atomic mass is 9.54. The topological polar surface area (TPSA) is 46.7 Å². The highest BCUT2D eigenvalue weighted by atomic mass is 32.2. The highest BCUT2D eigenvalue weighted by molar-refractivity contribution is 7.92. The molecule has 7 fully saturated rings. The molecule has 6 aliphatic carbocycles. The van der Waals surface area contributed by atoms with E-state index in [1.165, 1.54) is 19.3 Å². The molecule has 8 rings (SSSR count). The van der Waals surface area contributed by atoms with Crippen molar-refractivity contribution in [1.29, 1.82) is 0 Å². The van der Waals surface area contributed by atoms with Crippen molar-refractivity contribution >= 4 is 9.84 Å². The van der Waals surface area contributed by atoms with Crippen LogP contribution in [0.15, 0.2) is 35.2 Å². The summed E-state index contributed by atoms with van der Waals surface area (Å²) in [6.45, 7) is 0. The van der Waals surface area contributed by atoms with Crippen molar-refractivity contribution in [1.82, 2.24) is 0 Å². The molecule has 7 aliphatic rings. The number of sulfone groups is 1. The Bertz CT molecular complexity index is 864. The minimum Gasteiger partial charge on any atom is -0.361 e. The van der Waals surface area contributed by atoms with Crippen LogP contribution in [0.25, 0.3) is 0 Å². The molecule has 0 N–H and O–H groups in total. The van der Waals surface area contributed by atoms with E-state index < -0.39 is 9.84 Å². The highest BCUT2D eigenvalue weighted by Gasteiger charge is 2.94. The van der Waals surface area contributed by atoms with Crippen LogP contribution in [0.4, 0.5) is 0 Å². The van der Waals surface area contributed by atoms with Crippen LogP contribution < -0.4 is 0 Å². The summed E-state index contributed by atoms with van der Waals surface area (Å²) in [5, 5.41) is -0.211. The van der Waals surface area contributed by atoms with Crippen LogP contribution in [0.3, 0.4) is 0 Å². The lowest BCUT2D eigenvalue weighted by Gasteiger charge is -2.46. The minimum atomic E-state index is -3.24. The van der Waals surface area contributed by atoms with Gasteiger partial charge in [-0.2, -0.15) is 0 Å². The average Bonchev–Trinajstić information content (AvgIpc) is 3.48. The molecule has 1 aromatic rings. The van der Waals surface area contributed by atoms with Gasteiger partial charge in [0.05, 0.1) is 10.1 Å². The molecule has 1 aromatic carbocycles. The fourth-order valence-electron chi connectivity index (χ4n) is 8.27. The molecule has 3 nitrogen and oxygen atoms in total. The molecule has 4 bridgehead atoms. The summed E-state index contributed by atoms with van der Waals surface area (Å²) in [5.41, 5.74) is 0.0734. The van der Waals surface area contributed by atoms with E-state index in [-0.39, 0.29) is 22.4 Å². The number of hydrogen-bond acceptors (Lipinski definition) is 3. The Morgan fingerprint density at radius 1 is 0.875 bits per heavy atom. The molecule has 1 aliphatic heterocycles. The van der Waals surface area contributed by atoms with Gasteiger partial charge in [-0.05, 0) is 73.8 Å². The fraction of sp³-hybridized carbons (Fsp3) is 0.700. The van der Waals surface area contributed by atoms with Crippen molar-refractivity contribution in [2.75, 3.05) is 0 Å². The van der Waals surface area contributed by atoms with Crippen molar-refractivity contribution < 1.29 is 13.2 Å². The van der Waals surface area contributed by atoms with Crippen molar-refractivity contribution in [3.05, 3.63) is 30.3 Å². The van der Waals surface area contributed by atoms with Crippen LogP contribution in [-0.2, 0) is 14.6 Å². The second-order valence-corrected chi connectivity index (χ2v) is 11.4. The summed E-state index contributed by atoms with van der Waals surface area (Å²) in [4.78, 5) is 0.510. The average molecular weight is 342 g/mol. The molecule has 1 heterocycles. The van der Waals surface area contributed by atoms with Gasteiger partial charge in [0.2, 0.25) is 0 Å². The van der Waals surface area contributed by atoms with Crippen molar-refractivity contribution in [3.63, 3.8) is 0 Å². The first kappa shape index (κ1) is 13.3. The molecule has 6 saturated carbocycles. The zero-order valence-corrected chi connectivity index (χ0v) is 14.4. The van der Waals surface area contributed by atoms with Crippen LogP contribution in [0.2, 0.25) is 0 Å².